The maximum absolute atomic E-state index is 13.8. The lowest BCUT2D eigenvalue weighted by atomic mass is 9.85. The number of thiophene rings is 1. The third kappa shape index (κ3) is 4.22. The second-order valence-corrected chi connectivity index (χ2v) is 8.06. The minimum Gasteiger partial charge on any atom is -0.365 e. The number of anilines is 1. The van der Waals surface area contributed by atoms with Crippen LogP contribution in [0, 0.1) is 11.7 Å². The first-order valence-electron chi connectivity index (χ1n) is 8.78. The van der Waals surface area contributed by atoms with Gasteiger partial charge in [0.15, 0.2) is 0 Å². The Morgan fingerprint density at radius 3 is 2.89 bits per heavy atom. The van der Waals surface area contributed by atoms with Gasteiger partial charge in [0.2, 0.25) is 5.91 Å². The molecule has 1 aliphatic carbocycles. The van der Waals surface area contributed by atoms with Gasteiger partial charge in [0.25, 0.3) is 5.91 Å². The van der Waals surface area contributed by atoms with E-state index in [1.807, 2.05) is 0 Å². The van der Waals surface area contributed by atoms with Crippen LogP contribution in [0.4, 0.5) is 9.39 Å². The Kier molecular flexibility index (Phi) is 5.97. The first-order chi connectivity index (χ1) is 12.9. The molecule has 1 atom stereocenters. The van der Waals surface area contributed by atoms with Gasteiger partial charge in [-0.15, -0.1) is 11.3 Å². The molecule has 0 aliphatic heterocycles. The van der Waals surface area contributed by atoms with Crippen molar-refractivity contribution in [2.45, 2.75) is 32.6 Å². The van der Waals surface area contributed by atoms with E-state index in [4.69, 9.17) is 17.3 Å². The van der Waals surface area contributed by atoms with Gasteiger partial charge in [0.05, 0.1) is 10.6 Å². The molecule has 0 saturated carbocycles. The van der Waals surface area contributed by atoms with Crippen molar-refractivity contribution in [3.63, 3.8) is 0 Å². The van der Waals surface area contributed by atoms with Crippen molar-refractivity contribution < 1.29 is 14.0 Å². The van der Waals surface area contributed by atoms with Crippen LogP contribution in [0.5, 0.6) is 0 Å². The zero-order chi connectivity index (χ0) is 19.6. The van der Waals surface area contributed by atoms with Crippen LogP contribution >= 0.6 is 22.9 Å². The van der Waals surface area contributed by atoms with Crippen molar-refractivity contribution in [1.29, 1.82) is 0 Å². The summed E-state index contributed by atoms with van der Waals surface area (Å²) < 4.78 is 13.8. The third-order valence-corrected chi connectivity index (χ3v) is 6.33. The topological polar surface area (TPSA) is 72.2 Å². The highest BCUT2D eigenvalue weighted by molar-refractivity contribution is 7.17. The van der Waals surface area contributed by atoms with E-state index < -0.39 is 17.6 Å². The number of nitrogens with one attached hydrogen (secondary N) is 1. The lowest BCUT2D eigenvalue weighted by Crippen LogP contribution is -2.19. The zero-order valence-corrected chi connectivity index (χ0v) is 16.4. The Balaban J connectivity index is 1.83. The molecule has 142 valence electrons. The van der Waals surface area contributed by atoms with Crippen molar-refractivity contribution in [3.05, 3.63) is 56.7 Å². The first-order valence-corrected chi connectivity index (χ1v) is 9.97. The molecule has 7 heteroatoms. The highest BCUT2D eigenvalue weighted by Gasteiger charge is 2.27. The number of hydrogen-bond acceptors (Lipinski definition) is 3. The minimum absolute atomic E-state index is 0.140. The monoisotopic (exact) mass is 406 g/mol. The molecule has 1 aromatic carbocycles. The largest absolute Gasteiger partial charge is 0.365 e. The van der Waals surface area contributed by atoms with Crippen LogP contribution in [-0.2, 0) is 17.6 Å². The van der Waals surface area contributed by atoms with E-state index in [2.05, 4.69) is 12.2 Å². The summed E-state index contributed by atoms with van der Waals surface area (Å²) in [6.45, 7) is 2.15. The Hall–Kier alpha value is -2.18. The first kappa shape index (κ1) is 19.6. The number of halogens is 2. The zero-order valence-electron chi connectivity index (χ0n) is 14.9. The molecule has 0 spiro atoms. The predicted octanol–water partition coefficient (Wildman–Crippen LogP) is 4.81. The van der Waals surface area contributed by atoms with E-state index in [1.165, 1.54) is 35.6 Å². The summed E-state index contributed by atoms with van der Waals surface area (Å²) in [6.07, 6.45) is 6.29. The molecule has 0 radical (unpaired) electrons. The van der Waals surface area contributed by atoms with Crippen LogP contribution in [0.1, 0.15) is 46.1 Å². The highest BCUT2D eigenvalue weighted by atomic mass is 35.5. The molecule has 3 N–H and O–H groups in total. The van der Waals surface area contributed by atoms with Gasteiger partial charge in [-0.2, -0.15) is 0 Å². The number of benzene rings is 1. The van der Waals surface area contributed by atoms with Crippen LogP contribution in [0.15, 0.2) is 24.3 Å². The number of amides is 2. The number of primary amides is 1. The molecule has 0 fully saturated rings. The molecule has 4 nitrogen and oxygen atoms in total. The quantitative estimate of drug-likeness (QED) is 0.699. The van der Waals surface area contributed by atoms with Crippen LogP contribution in [0.25, 0.3) is 6.08 Å². The van der Waals surface area contributed by atoms with Gasteiger partial charge in [0.1, 0.15) is 10.8 Å². The van der Waals surface area contributed by atoms with E-state index in [9.17, 15) is 14.0 Å². The smallest absolute Gasteiger partial charge is 0.251 e. The van der Waals surface area contributed by atoms with Gasteiger partial charge in [-0.3, -0.25) is 9.59 Å². The van der Waals surface area contributed by atoms with E-state index in [0.717, 1.165) is 36.1 Å². The van der Waals surface area contributed by atoms with Crippen molar-refractivity contribution >= 4 is 45.8 Å². The number of rotatable bonds is 5. The van der Waals surface area contributed by atoms with E-state index in [0.29, 0.717) is 16.5 Å². The summed E-state index contributed by atoms with van der Waals surface area (Å²) in [6, 6.07) is 4.31. The molecule has 1 aromatic heterocycles. The van der Waals surface area contributed by atoms with Gasteiger partial charge >= 0.3 is 0 Å². The van der Waals surface area contributed by atoms with E-state index in [1.54, 1.807) is 6.07 Å². The fourth-order valence-corrected chi connectivity index (χ4v) is 4.93. The second-order valence-electron chi connectivity index (χ2n) is 6.55. The summed E-state index contributed by atoms with van der Waals surface area (Å²) in [5.74, 6) is -0.938. The van der Waals surface area contributed by atoms with Crippen LogP contribution < -0.4 is 11.1 Å². The SMILES string of the molecule is CC[C@H]1CCc2c(sc(NC(=O)/C=C/c3c(F)cccc3Cl)c2C(N)=O)C1. The average molecular weight is 407 g/mol. The van der Waals surface area contributed by atoms with Crippen molar-refractivity contribution in [2.75, 3.05) is 5.32 Å². The van der Waals surface area contributed by atoms with Gasteiger partial charge in [-0.05, 0) is 49.0 Å². The van der Waals surface area contributed by atoms with Gasteiger partial charge in [-0.1, -0.05) is 31.0 Å². The highest BCUT2D eigenvalue weighted by Crippen LogP contribution is 2.40. The normalized spacial score (nSPS) is 16.3. The predicted molar refractivity (Wildman–Crippen MR) is 108 cm³/mol. The molecule has 27 heavy (non-hydrogen) atoms. The lowest BCUT2D eigenvalue weighted by Gasteiger charge is -2.20. The number of hydrogen-bond donors (Lipinski definition) is 2. The van der Waals surface area contributed by atoms with Crippen molar-refractivity contribution in [2.24, 2.45) is 11.7 Å². The summed E-state index contributed by atoms with van der Waals surface area (Å²) in [5, 5.41) is 3.39. The number of nitrogens with two attached hydrogens (primary N) is 1. The molecule has 0 unspecified atom stereocenters. The summed E-state index contributed by atoms with van der Waals surface area (Å²) in [7, 11) is 0. The molecule has 3 rings (SSSR count). The van der Waals surface area contributed by atoms with Gasteiger partial charge in [0, 0.05) is 16.5 Å². The average Bonchev–Trinajstić information content (AvgIpc) is 2.98. The fourth-order valence-electron chi connectivity index (χ4n) is 3.33. The maximum atomic E-state index is 13.8. The second kappa shape index (κ2) is 8.23. The van der Waals surface area contributed by atoms with Crippen LogP contribution in [0.2, 0.25) is 5.02 Å². The van der Waals surface area contributed by atoms with Crippen molar-refractivity contribution in [3.8, 4) is 0 Å². The molecular formula is C20H20ClFN2O2S. The van der Waals surface area contributed by atoms with Crippen LogP contribution in [-0.4, -0.2) is 11.8 Å². The molecule has 1 aliphatic rings. The standard InChI is InChI=1S/C20H20ClFN2O2S/c1-2-11-6-7-13-16(10-11)27-20(18(13)19(23)26)24-17(25)9-8-12-14(21)4-3-5-15(12)22/h3-5,8-9,11H,2,6-7,10H2,1H3,(H2,23,26)(H,24,25)/b9-8+/t11-/m0/s1. The Bertz CT molecular complexity index is 903. The number of carbonyl (C=O) groups is 2. The lowest BCUT2D eigenvalue weighted by molar-refractivity contribution is -0.111. The maximum Gasteiger partial charge on any atom is 0.251 e. The Labute approximate surface area is 166 Å². The minimum atomic E-state index is -0.543. The molecule has 2 amide bonds. The van der Waals surface area contributed by atoms with E-state index in [-0.39, 0.29) is 10.6 Å². The Morgan fingerprint density at radius 1 is 1.44 bits per heavy atom. The molecule has 0 bridgehead atoms. The molecular weight excluding hydrogens is 387 g/mol. The van der Waals surface area contributed by atoms with Crippen LogP contribution in [0.3, 0.4) is 0 Å². The third-order valence-electron chi connectivity index (χ3n) is 4.83. The van der Waals surface area contributed by atoms with Crippen molar-refractivity contribution in [1.82, 2.24) is 0 Å². The van der Waals surface area contributed by atoms with Gasteiger partial charge in [-0.25, -0.2) is 4.39 Å². The fraction of sp³-hybridized carbons (Fsp3) is 0.300. The van der Waals surface area contributed by atoms with Gasteiger partial charge < -0.3 is 11.1 Å². The Morgan fingerprint density at radius 2 is 2.22 bits per heavy atom. The number of fused-ring (bicyclic) bond motifs is 1. The summed E-state index contributed by atoms with van der Waals surface area (Å²) >= 11 is 7.35. The molecule has 2 aromatic rings. The summed E-state index contributed by atoms with van der Waals surface area (Å²) in [4.78, 5) is 25.4. The number of carbonyl (C=O) groups excluding carboxylic acids is 2. The summed E-state index contributed by atoms with van der Waals surface area (Å²) in [5.41, 5.74) is 7.05. The van der Waals surface area contributed by atoms with E-state index >= 15 is 0 Å². The molecule has 0 saturated heterocycles. The molecule has 1 heterocycles.